The first kappa shape index (κ1) is 19.3. The van der Waals surface area contributed by atoms with Gasteiger partial charge >= 0.3 is 11.7 Å². The Kier molecular flexibility index (Phi) is 4.74. The molecule has 2 aromatic heterocycles. The van der Waals surface area contributed by atoms with Crippen LogP contribution in [0.2, 0.25) is 0 Å². The van der Waals surface area contributed by atoms with Gasteiger partial charge in [-0.1, -0.05) is 5.16 Å². The van der Waals surface area contributed by atoms with Gasteiger partial charge in [0.2, 0.25) is 10.0 Å². The number of hydrogen-bond acceptors (Lipinski definition) is 7. The molecule has 3 rings (SSSR count). The van der Waals surface area contributed by atoms with Gasteiger partial charge in [0.25, 0.3) is 0 Å². The minimum Gasteiger partial charge on any atom is -0.465 e. The minimum atomic E-state index is -4.07. The smallest absolute Gasteiger partial charge is 0.343 e. The van der Waals surface area contributed by atoms with Gasteiger partial charge < -0.3 is 19.2 Å². The summed E-state index contributed by atoms with van der Waals surface area (Å²) in [6, 6.07) is 2.80. The van der Waals surface area contributed by atoms with Gasteiger partial charge in [-0.2, -0.15) is 4.72 Å². The first-order valence-electron chi connectivity index (χ1n) is 7.54. The van der Waals surface area contributed by atoms with Crippen molar-refractivity contribution in [1.82, 2.24) is 19.8 Å². The minimum absolute atomic E-state index is 0.00897. The van der Waals surface area contributed by atoms with Crippen LogP contribution in [0.15, 0.2) is 37.1 Å². The Bertz CT molecular complexity index is 1190. The first-order valence-corrected chi connectivity index (χ1v) is 9.81. The monoisotopic (exact) mass is 458 g/mol. The van der Waals surface area contributed by atoms with Crippen LogP contribution in [0.4, 0.5) is 0 Å². The maximum atomic E-state index is 12.9. The number of hydrogen-bond donors (Lipinski definition) is 3. The van der Waals surface area contributed by atoms with E-state index in [1.54, 1.807) is 0 Å². The van der Waals surface area contributed by atoms with Gasteiger partial charge in [0.05, 0.1) is 28.6 Å². The molecule has 3 N–H and O–H groups in total. The summed E-state index contributed by atoms with van der Waals surface area (Å²) in [5.41, 5.74) is -0.882. The Morgan fingerprint density at radius 1 is 1.30 bits per heavy atom. The number of esters is 1. The third kappa shape index (κ3) is 3.55. The van der Waals surface area contributed by atoms with Crippen molar-refractivity contribution in [2.24, 2.45) is 0 Å². The Hall–Kier alpha value is -2.44. The number of rotatable bonds is 5. The molecule has 0 saturated carbocycles. The number of nitrogens with zero attached hydrogens (tertiary/aromatic N) is 1. The van der Waals surface area contributed by atoms with Crippen LogP contribution in [0, 0.1) is 0 Å². The van der Waals surface area contributed by atoms with Crippen LogP contribution in [-0.4, -0.2) is 36.6 Å². The van der Waals surface area contributed by atoms with Crippen LogP contribution >= 0.6 is 15.9 Å². The van der Waals surface area contributed by atoms with Crippen molar-refractivity contribution in [2.75, 3.05) is 7.11 Å². The summed E-state index contributed by atoms with van der Waals surface area (Å²) in [7, 11) is -2.88. The fourth-order valence-electron chi connectivity index (χ4n) is 2.62. The molecule has 3 aromatic rings. The number of carbonyl (C=O) groups excluding carboxylic acids is 1. The molecule has 27 heavy (non-hydrogen) atoms. The second kappa shape index (κ2) is 6.62. The number of methoxy groups -OCH3 is 1. The highest BCUT2D eigenvalue weighted by atomic mass is 79.9. The van der Waals surface area contributed by atoms with Gasteiger partial charge in [-0.15, -0.1) is 0 Å². The Balaban J connectivity index is 2.03. The summed E-state index contributed by atoms with van der Waals surface area (Å²) in [4.78, 5) is 28.2. The number of aromatic nitrogens is 3. The lowest BCUT2D eigenvalue weighted by Crippen LogP contribution is -2.42. The number of aromatic amines is 2. The molecule has 0 bridgehead atoms. The number of nitrogens with one attached hydrogen (secondary N) is 3. The Labute approximate surface area is 161 Å². The molecular weight excluding hydrogens is 444 g/mol. The molecule has 2 heterocycles. The summed E-state index contributed by atoms with van der Waals surface area (Å²) < 4.78 is 38.1. The van der Waals surface area contributed by atoms with Gasteiger partial charge in [0.1, 0.15) is 17.5 Å². The predicted octanol–water partition coefficient (Wildman–Crippen LogP) is 1.61. The fourth-order valence-corrected chi connectivity index (χ4v) is 5.07. The van der Waals surface area contributed by atoms with Gasteiger partial charge in [-0.25, -0.2) is 18.0 Å². The molecule has 144 valence electrons. The number of fused-ring (bicyclic) bond motifs is 1. The molecule has 0 aliphatic heterocycles. The third-order valence-corrected chi connectivity index (χ3v) is 6.43. The van der Waals surface area contributed by atoms with Crippen molar-refractivity contribution < 1.29 is 22.5 Å². The molecule has 0 fully saturated rings. The molecule has 0 saturated heterocycles. The Morgan fingerprint density at radius 3 is 2.56 bits per heavy atom. The molecule has 0 atom stereocenters. The van der Waals surface area contributed by atoms with E-state index in [1.165, 1.54) is 33.1 Å². The molecule has 12 heteroatoms. The van der Waals surface area contributed by atoms with Crippen LogP contribution in [0.1, 0.15) is 29.9 Å². The van der Waals surface area contributed by atoms with Crippen LogP contribution in [-0.2, 0) is 20.3 Å². The molecule has 0 radical (unpaired) electrons. The van der Waals surface area contributed by atoms with Gasteiger partial charge in [-0.3, -0.25) is 0 Å². The lowest BCUT2D eigenvalue weighted by Gasteiger charge is -2.24. The van der Waals surface area contributed by atoms with E-state index in [-0.39, 0.29) is 20.6 Å². The number of benzene rings is 1. The zero-order chi connectivity index (χ0) is 20.0. The van der Waals surface area contributed by atoms with Crippen LogP contribution in [0.5, 0.6) is 0 Å². The maximum Gasteiger partial charge on any atom is 0.343 e. The predicted molar refractivity (Wildman–Crippen MR) is 97.8 cm³/mol. The second-order valence-corrected chi connectivity index (χ2v) is 8.71. The van der Waals surface area contributed by atoms with Crippen molar-refractivity contribution in [3.8, 4) is 0 Å². The maximum absolute atomic E-state index is 12.9. The normalized spacial score (nSPS) is 12.4. The van der Waals surface area contributed by atoms with E-state index in [1.807, 2.05) is 0 Å². The first-order chi connectivity index (χ1) is 12.5. The van der Waals surface area contributed by atoms with Crippen molar-refractivity contribution in [3.63, 3.8) is 0 Å². The molecule has 0 aliphatic carbocycles. The summed E-state index contributed by atoms with van der Waals surface area (Å²) >= 11 is 3.20. The SMILES string of the molecule is COC(=O)c1conc1C(C)(C)NS(=O)(=O)c1cc2[nH]c(=O)[nH]c2cc1Br. The topological polar surface area (TPSA) is 147 Å². The van der Waals surface area contributed by atoms with E-state index in [0.29, 0.717) is 11.0 Å². The lowest BCUT2D eigenvalue weighted by molar-refractivity contribution is 0.0597. The van der Waals surface area contributed by atoms with Gasteiger partial charge in [0.15, 0.2) is 0 Å². The van der Waals surface area contributed by atoms with Crippen molar-refractivity contribution in [2.45, 2.75) is 24.3 Å². The third-order valence-electron chi connectivity index (χ3n) is 3.81. The molecule has 0 spiro atoms. The zero-order valence-corrected chi connectivity index (χ0v) is 16.8. The summed E-state index contributed by atoms with van der Waals surface area (Å²) in [5.74, 6) is -0.703. The Morgan fingerprint density at radius 2 is 1.93 bits per heavy atom. The van der Waals surface area contributed by atoms with Crippen molar-refractivity contribution in [3.05, 3.63) is 44.6 Å². The number of halogens is 1. The largest absolute Gasteiger partial charge is 0.465 e. The molecule has 0 aliphatic rings. The molecular formula is C15H15BrN4O6S. The van der Waals surface area contributed by atoms with Gasteiger partial charge in [-0.05, 0) is 41.9 Å². The summed E-state index contributed by atoms with van der Waals surface area (Å²) in [6.45, 7) is 3.05. The molecule has 1 aromatic carbocycles. The number of carbonyl (C=O) groups is 1. The number of ether oxygens (including phenoxy) is 1. The van der Waals surface area contributed by atoms with E-state index >= 15 is 0 Å². The highest BCUT2D eigenvalue weighted by Gasteiger charge is 2.35. The average Bonchev–Trinajstić information content (AvgIpc) is 3.18. The van der Waals surface area contributed by atoms with E-state index in [2.05, 4.69) is 40.5 Å². The molecule has 0 unspecified atom stereocenters. The van der Waals surface area contributed by atoms with E-state index in [4.69, 9.17) is 4.52 Å². The average molecular weight is 459 g/mol. The van der Waals surface area contributed by atoms with Crippen LogP contribution < -0.4 is 10.4 Å². The second-order valence-electron chi connectivity index (χ2n) is 6.21. The quantitative estimate of drug-likeness (QED) is 0.491. The summed E-state index contributed by atoms with van der Waals surface area (Å²) in [6.07, 6.45) is 1.09. The lowest BCUT2D eigenvalue weighted by atomic mass is 9.99. The highest BCUT2D eigenvalue weighted by Crippen LogP contribution is 2.30. The summed E-state index contributed by atoms with van der Waals surface area (Å²) in [5, 5.41) is 3.74. The van der Waals surface area contributed by atoms with E-state index in [9.17, 15) is 18.0 Å². The van der Waals surface area contributed by atoms with Crippen molar-refractivity contribution >= 4 is 43.0 Å². The zero-order valence-electron chi connectivity index (χ0n) is 14.4. The number of sulfonamides is 1. The van der Waals surface area contributed by atoms with Crippen LogP contribution in [0.25, 0.3) is 11.0 Å². The number of H-pyrrole nitrogens is 2. The molecule has 0 amide bonds. The number of imidazole rings is 1. The van der Waals surface area contributed by atoms with E-state index < -0.39 is 27.2 Å². The fraction of sp³-hybridized carbons (Fsp3) is 0.267. The van der Waals surface area contributed by atoms with Gasteiger partial charge in [0, 0.05) is 4.47 Å². The standard InChI is InChI=1S/C15H15BrN4O6S/c1-15(2,12-7(6-26-19-12)13(21)25-3)20-27(23,24)11-5-10-9(4-8(11)16)17-14(22)18-10/h4-6,20H,1-3H3,(H2,17,18,22). The van der Waals surface area contributed by atoms with E-state index in [0.717, 1.165) is 6.26 Å². The molecule has 10 nitrogen and oxygen atoms in total. The van der Waals surface area contributed by atoms with Crippen LogP contribution in [0.3, 0.4) is 0 Å². The highest BCUT2D eigenvalue weighted by molar-refractivity contribution is 9.10. The van der Waals surface area contributed by atoms with Crippen molar-refractivity contribution in [1.29, 1.82) is 0 Å².